The van der Waals surface area contributed by atoms with Crippen LogP contribution in [0.3, 0.4) is 0 Å². The number of para-hydroxylation sites is 1. The van der Waals surface area contributed by atoms with Crippen molar-refractivity contribution in [1.82, 2.24) is 34.1 Å². The Bertz CT molecular complexity index is 2360. The first-order valence-electron chi connectivity index (χ1n) is 18.6. The number of benzene rings is 2. The quantitative estimate of drug-likeness (QED) is 0.156. The first-order chi connectivity index (χ1) is 26.3. The standard InChI is InChI=1S/C39H40F4N8O4/c1-48-35-27(4-2-6-31(35)51(38(48)55)32-14-15-34(52)46-37(32)54)26-16-17-49(21-28(26)40)19-22-8-11-25(12-9-22)50-20-23-18-24(10-13-29(23)47-50)44-36(53)30-5-3-7-33(45-30)39(41,42)43/h2-7,10,13,18,20,22,25-26,28,32H,8-9,11-12,14-17,19,21H2,1H3,(H,44,53)(H,46,52,54)/t22?,25?,26-,28+,32?/m0/s1. The van der Waals surface area contributed by atoms with Gasteiger partial charge in [0.25, 0.3) is 5.91 Å². The van der Waals surface area contributed by atoms with E-state index in [9.17, 15) is 32.3 Å². The van der Waals surface area contributed by atoms with Gasteiger partial charge in [-0.05, 0) is 92.9 Å². The number of alkyl halides is 4. The number of carbonyl (C=O) groups is 3. The molecular formula is C39H40F4N8O4. The lowest BCUT2D eigenvalue weighted by atomic mass is 9.83. The summed E-state index contributed by atoms with van der Waals surface area (Å²) < 4.78 is 60.2. The fourth-order valence-corrected chi connectivity index (χ4v) is 8.66. The van der Waals surface area contributed by atoms with Gasteiger partial charge < -0.3 is 10.2 Å². The van der Waals surface area contributed by atoms with Gasteiger partial charge in [-0.15, -0.1) is 0 Å². The highest BCUT2D eigenvalue weighted by atomic mass is 19.4. The van der Waals surface area contributed by atoms with Crippen LogP contribution in [0.4, 0.5) is 23.2 Å². The number of fused-ring (bicyclic) bond motifs is 2. The predicted octanol–water partition coefficient (Wildman–Crippen LogP) is 5.89. The number of pyridine rings is 1. The summed E-state index contributed by atoms with van der Waals surface area (Å²) in [5.41, 5.74) is 1.25. The number of imide groups is 1. The van der Waals surface area contributed by atoms with Gasteiger partial charge in [-0.3, -0.25) is 33.5 Å². The largest absolute Gasteiger partial charge is 0.433 e. The molecule has 0 radical (unpaired) electrons. The van der Waals surface area contributed by atoms with E-state index in [1.165, 1.54) is 15.2 Å². The maximum Gasteiger partial charge on any atom is 0.433 e. The molecule has 2 aromatic carbocycles. The molecule has 16 heteroatoms. The zero-order valence-electron chi connectivity index (χ0n) is 30.1. The summed E-state index contributed by atoms with van der Waals surface area (Å²) in [7, 11) is 1.64. The van der Waals surface area contributed by atoms with Crippen molar-refractivity contribution < 1.29 is 31.9 Å². The van der Waals surface area contributed by atoms with Crippen molar-refractivity contribution in [2.75, 3.05) is 25.0 Å². The van der Waals surface area contributed by atoms with Crippen LogP contribution in [0, 0.1) is 5.92 Å². The van der Waals surface area contributed by atoms with Crippen LogP contribution in [-0.4, -0.2) is 72.3 Å². The number of hydrogen-bond donors (Lipinski definition) is 2. The Morgan fingerprint density at radius 3 is 2.51 bits per heavy atom. The molecule has 1 saturated carbocycles. The van der Waals surface area contributed by atoms with Crippen LogP contribution in [0.5, 0.6) is 0 Å². The second kappa shape index (κ2) is 14.4. The second-order valence-corrected chi connectivity index (χ2v) is 15.0. The topological polar surface area (TPSA) is 136 Å². The number of rotatable bonds is 7. The minimum atomic E-state index is -4.66. The molecule has 1 unspecified atom stereocenters. The number of nitrogens with one attached hydrogen (secondary N) is 2. The molecule has 5 heterocycles. The molecule has 3 aliphatic rings. The van der Waals surface area contributed by atoms with Crippen molar-refractivity contribution in [3.05, 3.63) is 88.2 Å². The highest BCUT2D eigenvalue weighted by Crippen LogP contribution is 2.38. The minimum absolute atomic E-state index is 0.146. The van der Waals surface area contributed by atoms with E-state index in [1.807, 2.05) is 16.9 Å². The number of aromatic nitrogens is 5. The number of carbonyl (C=O) groups excluding carboxylic acids is 3. The van der Waals surface area contributed by atoms with Gasteiger partial charge in [-0.1, -0.05) is 18.2 Å². The maximum atomic E-state index is 16.1. The van der Waals surface area contributed by atoms with Crippen LogP contribution in [0.2, 0.25) is 0 Å². The summed E-state index contributed by atoms with van der Waals surface area (Å²) in [6.45, 7) is 1.80. The number of piperidine rings is 2. The Labute approximate surface area is 312 Å². The number of amides is 3. The average molecular weight is 761 g/mol. The van der Waals surface area contributed by atoms with Crippen LogP contribution in [-0.2, 0) is 22.8 Å². The van der Waals surface area contributed by atoms with E-state index in [-0.39, 0.29) is 42.7 Å². The molecule has 0 spiro atoms. The Morgan fingerprint density at radius 1 is 0.982 bits per heavy atom. The molecule has 2 saturated heterocycles. The van der Waals surface area contributed by atoms with Gasteiger partial charge in [0.15, 0.2) is 0 Å². The van der Waals surface area contributed by atoms with Crippen molar-refractivity contribution in [3.8, 4) is 0 Å². The van der Waals surface area contributed by atoms with E-state index in [0.29, 0.717) is 29.1 Å². The molecule has 0 bridgehead atoms. The third kappa shape index (κ3) is 7.14. The summed E-state index contributed by atoms with van der Waals surface area (Å²) in [4.78, 5) is 56.2. The number of halogens is 4. The van der Waals surface area contributed by atoms with E-state index in [1.54, 1.807) is 37.4 Å². The molecule has 5 aromatic rings. The zero-order valence-corrected chi connectivity index (χ0v) is 30.1. The van der Waals surface area contributed by atoms with E-state index in [2.05, 4.69) is 20.5 Å². The molecule has 3 fully saturated rings. The van der Waals surface area contributed by atoms with Crippen LogP contribution >= 0.6 is 0 Å². The first kappa shape index (κ1) is 36.6. The van der Waals surface area contributed by atoms with Crippen molar-refractivity contribution in [3.63, 3.8) is 0 Å². The molecule has 3 amide bonds. The smallest absolute Gasteiger partial charge is 0.321 e. The van der Waals surface area contributed by atoms with Crippen LogP contribution in [0.25, 0.3) is 21.9 Å². The molecule has 2 aliphatic heterocycles. The van der Waals surface area contributed by atoms with Gasteiger partial charge in [0, 0.05) is 49.7 Å². The number of nitrogens with zero attached hydrogens (tertiary/aromatic N) is 6. The van der Waals surface area contributed by atoms with Gasteiger partial charge in [-0.2, -0.15) is 18.3 Å². The lowest BCUT2D eigenvalue weighted by Gasteiger charge is -2.38. The maximum absolute atomic E-state index is 16.1. The fourth-order valence-electron chi connectivity index (χ4n) is 8.66. The summed E-state index contributed by atoms with van der Waals surface area (Å²) in [5, 5.41) is 10.5. The van der Waals surface area contributed by atoms with Gasteiger partial charge >= 0.3 is 11.9 Å². The summed E-state index contributed by atoms with van der Waals surface area (Å²) in [6.07, 6.45) is 0.810. The summed E-state index contributed by atoms with van der Waals surface area (Å²) >= 11 is 0. The third-order valence-corrected chi connectivity index (χ3v) is 11.4. The van der Waals surface area contributed by atoms with Crippen molar-refractivity contribution >= 4 is 45.3 Å². The van der Waals surface area contributed by atoms with Crippen molar-refractivity contribution in [2.45, 2.75) is 75.3 Å². The molecule has 55 heavy (non-hydrogen) atoms. The van der Waals surface area contributed by atoms with Crippen LogP contribution < -0.4 is 16.3 Å². The second-order valence-electron chi connectivity index (χ2n) is 15.0. The van der Waals surface area contributed by atoms with E-state index >= 15 is 4.39 Å². The van der Waals surface area contributed by atoms with E-state index < -0.39 is 41.8 Å². The summed E-state index contributed by atoms with van der Waals surface area (Å²) in [5.74, 6) is -1.60. The Balaban J connectivity index is 0.872. The lowest BCUT2D eigenvalue weighted by Crippen LogP contribution is -2.44. The first-order valence-corrected chi connectivity index (χ1v) is 18.6. The number of hydrogen-bond acceptors (Lipinski definition) is 7. The number of imidazole rings is 1. The highest BCUT2D eigenvalue weighted by molar-refractivity contribution is 6.04. The number of anilines is 1. The Kier molecular flexibility index (Phi) is 9.55. The Morgan fingerprint density at radius 2 is 1.76 bits per heavy atom. The third-order valence-electron chi connectivity index (χ3n) is 11.4. The molecule has 288 valence electrons. The van der Waals surface area contributed by atoms with Crippen molar-refractivity contribution in [2.24, 2.45) is 13.0 Å². The molecule has 3 atom stereocenters. The normalized spacial score (nSPS) is 24.0. The zero-order chi connectivity index (χ0) is 38.6. The van der Waals surface area contributed by atoms with Gasteiger partial charge in [-0.25, -0.2) is 14.2 Å². The number of likely N-dealkylation sites (tertiary alicyclic amines) is 1. The molecule has 1 aliphatic carbocycles. The lowest BCUT2D eigenvalue weighted by molar-refractivity contribution is -0.141. The minimum Gasteiger partial charge on any atom is -0.321 e. The van der Waals surface area contributed by atoms with Gasteiger partial charge in [0.2, 0.25) is 11.8 Å². The monoisotopic (exact) mass is 760 g/mol. The predicted molar refractivity (Wildman–Crippen MR) is 195 cm³/mol. The fraction of sp³-hybridized carbons (Fsp3) is 0.436. The summed E-state index contributed by atoms with van der Waals surface area (Å²) in [6, 6.07) is 13.2. The number of aryl methyl sites for hydroxylation is 1. The van der Waals surface area contributed by atoms with E-state index in [0.717, 1.165) is 67.4 Å². The molecule has 12 nitrogen and oxygen atoms in total. The van der Waals surface area contributed by atoms with E-state index in [4.69, 9.17) is 5.10 Å². The molecule has 2 N–H and O–H groups in total. The Hall–Kier alpha value is -5.38. The van der Waals surface area contributed by atoms with Gasteiger partial charge in [0.1, 0.15) is 23.6 Å². The van der Waals surface area contributed by atoms with Crippen LogP contribution in [0.1, 0.15) is 84.7 Å². The van der Waals surface area contributed by atoms with Gasteiger partial charge in [0.05, 0.1) is 22.6 Å². The molecule has 8 rings (SSSR count). The average Bonchev–Trinajstić information content (AvgIpc) is 3.69. The van der Waals surface area contributed by atoms with Crippen molar-refractivity contribution in [1.29, 1.82) is 0 Å². The molecular weight excluding hydrogens is 720 g/mol. The highest BCUT2D eigenvalue weighted by Gasteiger charge is 2.37. The molecule has 3 aromatic heterocycles. The SMILES string of the molecule is Cn1c(=O)n(C2CCC(=O)NC2=O)c2cccc([C@@H]3CCN(CC4CCC(n5cc6cc(NC(=O)c7cccc(C(F)(F)F)n7)ccc6n5)CC4)C[C@H]3F)c21. The van der Waals surface area contributed by atoms with Crippen LogP contribution in [0.15, 0.2) is 65.6 Å².